The van der Waals surface area contributed by atoms with Gasteiger partial charge in [-0.3, -0.25) is 5.10 Å². The van der Waals surface area contributed by atoms with Crippen LogP contribution in [0.25, 0.3) is 22.4 Å². The molecule has 94 valence electrons. The van der Waals surface area contributed by atoms with E-state index in [0.29, 0.717) is 17.1 Å². The zero-order valence-corrected chi connectivity index (χ0v) is 10.2. The Hall–Kier alpha value is -2.76. The number of hydrogen-bond acceptors (Lipinski definition) is 5. The van der Waals surface area contributed by atoms with Crippen molar-refractivity contribution in [1.82, 2.24) is 25.4 Å². The number of aromatic nitrogens is 5. The van der Waals surface area contributed by atoms with Crippen LogP contribution in [0.3, 0.4) is 0 Å². The van der Waals surface area contributed by atoms with Crippen LogP contribution in [0.2, 0.25) is 0 Å². The maximum Gasteiger partial charge on any atom is 0.147 e. The summed E-state index contributed by atoms with van der Waals surface area (Å²) < 4.78 is 0. The molecule has 0 atom stereocenters. The highest BCUT2D eigenvalue weighted by Gasteiger charge is 2.09. The smallest absolute Gasteiger partial charge is 0.147 e. The molecule has 0 aliphatic carbocycles. The minimum absolute atomic E-state index is 0.138. The summed E-state index contributed by atoms with van der Waals surface area (Å²) in [6.07, 6.45) is 5.05. The fourth-order valence-corrected chi connectivity index (χ4v) is 1.79. The second kappa shape index (κ2) is 4.49. The normalized spacial score (nSPS) is 10.6. The van der Waals surface area contributed by atoms with E-state index in [4.69, 9.17) is 0 Å². The molecule has 0 unspecified atom stereocenters. The molecule has 0 radical (unpaired) electrons. The molecular formula is C13H11N5O. The molecule has 3 rings (SSSR count). The summed E-state index contributed by atoms with van der Waals surface area (Å²) in [5.74, 6) is 0.733. The number of H-pyrrole nitrogens is 1. The average Bonchev–Trinajstić information content (AvgIpc) is 2.94. The van der Waals surface area contributed by atoms with Gasteiger partial charge < -0.3 is 5.11 Å². The molecule has 3 aromatic rings. The lowest BCUT2D eigenvalue weighted by molar-refractivity contribution is 0.477. The van der Waals surface area contributed by atoms with E-state index in [1.165, 1.54) is 0 Å². The standard InChI is InChI=1S/C13H11N5O/c1-8-14-7-12(18-17-8)11-3-2-9(4-13(11)19)10-5-15-16-6-10/h2-7,19H,1H3,(H,15,16). The molecule has 2 aromatic heterocycles. The molecule has 2 heterocycles. The highest BCUT2D eigenvalue weighted by atomic mass is 16.3. The Balaban J connectivity index is 2.03. The highest BCUT2D eigenvalue weighted by Crippen LogP contribution is 2.31. The summed E-state index contributed by atoms with van der Waals surface area (Å²) in [5, 5.41) is 24.6. The molecule has 2 N–H and O–H groups in total. The van der Waals surface area contributed by atoms with E-state index >= 15 is 0 Å². The van der Waals surface area contributed by atoms with Crippen LogP contribution in [0.15, 0.2) is 36.8 Å². The van der Waals surface area contributed by atoms with Crippen molar-refractivity contribution in [3.05, 3.63) is 42.6 Å². The fourth-order valence-electron chi connectivity index (χ4n) is 1.79. The Morgan fingerprint density at radius 3 is 2.63 bits per heavy atom. The third-order valence-corrected chi connectivity index (χ3v) is 2.78. The van der Waals surface area contributed by atoms with Crippen LogP contribution in [0.5, 0.6) is 5.75 Å². The van der Waals surface area contributed by atoms with E-state index in [9.17, 15) is 5.11 Å². The zero-order chi connectivity index (χ0) is 13.2. The number of benzene rings is 1. The van der Waals surface area contributed by atoms with Crippen molar-refractivity contribution in [2.24, 2.45) is 0 Å². The van der Waals surface area contributed by atoms with E-state index in [1.54, 1.807) is 37.6 Å². The van der Waals surface area contributed by atoms with Crippen molar-refractivity contribution in [2.75, 3.05) is 0 Å². The Bertz CT molecular complexity index is 692. The molecule has 0 aliphatic heterocycles. The first-order valence-corrected chi connectivity index (χ1v) is 5.73. The fraction of sp³-hybridized carbons (Fsp3) is 0.0769. The number of aryl methyl sites for hydroxylation is 1. The van der Waals surface area contributed by atoms with Crippen molar-refractivity contribution in [1.29, 1.82) is 0 Å². The molecule has 0 saturated carbocycles. The van der Waals surface area contributed by atoms with Gasteiger partial charge in [0.1, 0.15) is 17.3 Å². The summed E-state index contributed by atoms with van der Waals surface area (Å²) in [6.45, 7) is 1.76. The SMILES string of the molecule is Cc1ncc(-c2ccc(-c3cn[nH]c3)cc2O)nn1. The number of phenols is 1. The van der Waals surface area contributed by atoms with Gasteiger partial charge >= 0.3 is 0 Å². The molecule has 0 bridgehead atoms. The van der Waals surface area contributed by atoms with E-state index in [-0.39, 0.29) is 5.75 Å². The third-order valence-electron chi connectivity index (χ3n) is 2.78. The first-order valence-electron chi connectivity index (χ1n) is 5.73. The maximum absolute atomic E-state index is 10.1. The molecule has 1 aromatic carbocycles. The predicted molar refractivity (Wildman–Crippen MR) is 69.2 cm³/mol. The summed E-state index contributed by atoms with van der Waals surface area (Å²) in [7, 11) is 0. The van der Waals surface area contributed by atoms with Gasteiger partial charge in [0.15, 0.2) is 0 Å². The third kappa shape index (κ3) is 2.15. The molecule has 0 saturated heterocycles. The van der Waals surface area contributed by atoms with Crippen LogP contribution >= 0.6 is 0 Å². The van der Waals surface area contributed by atoms with Crippen LogP contribution in [0, 0.1) is 6.92 Å². The van der Waals surface area contributed by atoms with E-state index in [2.05, 4.69) is 25.4 Å². The molecule has 0 fully saturated rings. The highest BCUT2D eigenvalue weighted by molar-refractivity contribution is 5.73. The summed E-state index contributed by atoms with van der Waals surface area (Å²) in [5.41, 5.74) is 2.94. The molecular weight excluding hydrogens is 242 g/mol. The number of nitrogens with one attached hydrogen (secondary N) is 1. The molecule has 6 heteroatoms. The van der Waals surface area contributed by atoms with Crippen molar-refractivity contribution >= 4 is 0 Å². The van der Waals surface area contributed by atoms with Crippen LogP contribution in [0.4, 0.5) is 0 Å². The van der Waals surface area contributed by atoms with Gasteiger partial charge in [-0.2, -0.15) is 5.10 Å². The van der Waals surface area contributed by atoms with Gasteiger partial charge in [-0.1, -0.05) is 6.07 Å². The second-order valence-corrected chi connectivity index (χ2v) is 4.11. The van der Waals surface area contributed by atoms with Crippen molar-refractivity contribution in [2.45, 2.75) is 6.92 Å². The number of hydrogen-bond donors (Lipinski definition) is 2. The lowest BCUT2D eigenvalue weighted by atomic mass is 10.0. The van der Waals surface area contributed by atoms with E-state index in [0.717, 1.165) is 11.1 Å². The number of nitrogens with zero attached hydrogens (tertiary/aromatic N) is 4. The summed E-state index contributed by atoms with van der Waals surface area (Å²) in [6, 6.07) is 5.35. The van der Waals surface area contributed by atoms with Crippen molar-refractivity contribution < 1.29 is 5.11 Å². The van der Waals surface area contributed by atoms with Crippen LogP contribution in [0.1, 0.15) is 5.82 Å². The minimum Gasteiger partial charge on any atom is -0.507 e. The minimum atomic E-state index is 0.138. The van der Waals surface area contributed by atoms with Gasteiger partial charge in [0.2, 0.25) is 0 Å². The topological polar surface area (TPSA) is 87.6 Å². The Morgan fingerprint density at radius 1 is 1.11 bits per heavy atom. The lowest BCUT2D eigenvalue weighted by Crippen LogP contribution is -1.93. The second-order valence-electron chi connectivity index (χ2n) is 4.11. The Labute approximate surface area is 109 Å². The van der Waals surface area contributed by atoms with Crippen molar-refractivity contribution in [3.8, 4) is 28.1 Å². The molecule has 0 spiro atoms. The number of rotatable bonds is 2. The number of phenolic OH excluding ortho intramolecular Hbond substituents is 1. The molecule has 0 amide bonds. The average molecular weight is 253 g/mol. The molecule has 6 nitrogen and oxygen atoms in total. The molecule has 0 aliphatic rings. The maximum atomic E-state index is 10.1. The first kappa shape index (κ1) is 11.3. The van der Waals surface area contributed by atoms with Gasteiger partial charge in [0.25, 0.3) is 0 Å². The summed E-state index contributed by atoms with van der Waals surface area (Å²) in [4.78, 5) is 4.07. The van der Waals surface area contributed by atoms with Gasteiger partial charge in [-0.25, -0.2) is 4.98 Å². The van der Waals surface area contributed by atoms with E-state index in [1.807, 2.05) is 6.07 Å². The molecule has 19 heavy (non-hydrogen) atoms. The quantitative estimate of drug-likeness (QED) is 0.728. The lowest BCUT2D eigenvalue weighted by Gasteiger charge is -2.05. The van der Waals surface area contributed by atoms with Crippen LogP contribution in [-0.2, 0) is 0 Å². The summed E-state index contributed by atoms with van der Waals surface area (Å²) >= 11 is 0. The van der Waals surface area contributed by atoms with Crippen molar-refractivity contribution in [3.63, 3.8) is 0 Å². The van der Waals surface area contributed by atoms with Gasteiger partial charge in [-0.05, 0) is 24.6 Å². The van der Waals surface area contributed by atoms with Gasteiger partial charge in [-0.15, -0.1) is 10.2 Å². The Kier molecular flexibility index (Phi) is 2.68. The Morgan fingerprint density at radius 2 is 2.00 bits per heavy atom. The van der Waals surface area contributed by atoms with E-state index < -0.39 is 0 Å². The monoisotopic (exact) mass is 253 g/mol. The first-order chi connectivity index (χ1) is 9.24. The zero-order valence-electron chi connectivity index (χ0n) is 10.2. The largest absolute Gasteiger partial charge is 0.507 e. The van der Waals surface area contributed by atoms with Crippen LogP contribution < -0.4 is 0 Å². The number of aromatic amines is 1. The van der Waals surface area contributed by atoms with Gasteiger partial charge in [0.05, 0.1) is 12.4 Å². The number of aromatic hydroxyl groups is 1. The predicted octanol–water partition coefficient (Wildman–Crippen LogP) is 1.94. The van der Waals surface area contributed by atoms with Gasteiger partial charge in [0, 0.05) is 17.3 Å². The van der Waals surface area contributed by atoms with Crippen LogP contribution in [-0.4, -0.2) is 30.5 Å².